The lowest BCUT2D eigenvalue weighted by atomic mass is 9.97. The van der Waals surface area contributed by atoms with E-state index >= 15 is 0 Å². The molecule has 0 bridgehead atoms. The molecule has 1 aliphatic rings. The van der Waals surface area contributed by atoms with Crippen molar-refractivity contribution in [3.05, 3.63) is 77.6 Å². The smallest absolute Gasteiger partial charge is 0.116 e. The Morgan fingerprint density at radius 2 is 2.00 bits per heavy atom. The molecule has 1 unspecified atom stereocenters. The Balaban J connectivity index is 1.52. The molecule has 5 rings (SSSR count). The zero-order valence-corrected chi connectivity index (χ0v) is 23.7. The molecule has 8 nitrogen and oxygen atoms in total. The van der Waals surface area contributed by atoms with Crippen LogP contribution in [-0.2, 0) is 17.6 Å². The maximum absolute atomic E-state index is 9.94. The summed E-state index contributed by atoms with van der Waals surface area (Å²) in [5.41, 5.74) is 15.8. The van der Waals surface area contributed by atoms with Crippen LogP contribution in [0, 0.1) is 0 Å². The number of nitrogens with two attached hydrogens (primary N) is 1. The summed E-state index contributed by atoms with van der Waals surface area (Å²) in [6.07, 6.45) is 8.26. The van der Waals surface area contributed by atoms with E-state index in [9.17, 15) is 5.11 Å². The molecule has 0 radical (unpaired) electrons. The first-order valence-electron chi connectivity index (χ1n) is 14.2. The highest BCUT2D eigenvalue weighted by molar-refractivity contribution is 5.93. The molecule has 0 amide bonds. The van der Waals surface area contributed by atoms with E-state index in [1.54, 1.807) is 12.1 Å². The number of rotatable bonds is 11. The third-order valence-corrected chi connectivity index (χ3v) is 7.46. The molecule has 3 heterocycles. The van der Waals surface area contributed by atoms with Gasteiger partial charge in [0, 0.05) is 35.1 Å². The first-order valence-corrected chi connectivity index (χ1v) is 14.2. The molecule has 2 aromatic heterocycles. The fourth-order valence-corrected chi connectivity index (χ4v) is 5.28. The van der Waals surface area contributed by atoms with Gasteiger partial charge >= 0.3 is 0 Å². The number of aromatic nitrogens is 2. The van der Waals surface area contributed by atoms with Crippen LogP contribution in [0.2, 0.25) is 0 Å². The van der Waals surface area contributed by atoms with Gasteiger partial charge in [0.1, 0.15) is 11.9 Å². The Labute approximate surface area is 236 Å². The van der Waals surface area contributed by atoms with Crippen molar-refractivity contribution >= 4 is 22.6 Å². The molecule has 40 heavy (non-hydrogen) atoms. The second kappa shape index (κ2) is 12.6. The average molecular weight is 541 g/mol. The summed E-state index contributed by atoms with van der Waals surface area (Å²) in [7, 11) is 4.24. The van der Waals surface area contributed by atoms with Crippen LogP contribution in [0.3, 0.4) is 0 Å². The van der Waals surface area contributed by atoms with Crippen LogP contribution in [0.1, 0.15) is 49.0 Å². The molecular formula is C32H40N6O2. The SMILES string of the molecule is CCc1cc(O)ccc1NC(N)c1cnn2cc(-c3ccccc3CCCCN(C)C)cc2c1N=C1CCOC1. The van der Waals surface area contributed by atoms with Crippen LogP contribution in [0.5, 0.6) is 5.75 Å². The van der Waals surface area contributed by atoms with Gasteiger partial charge in [-0.3, -0.25) is 4.99 Å². The summed E-state index contributed by atoms with van der Waals surface area (Å²) in [5, 5.41) is 18.1. The van der Waals surface area contributed by atoms with Crippen molar-refractivity contribution in [3.8, 4) is 16.9 Å². The quantitative estimate of drug-likeness (QED) is 0.128. The molecule has 1 fully saturated rings. The summed E-state index contributed by atoms with van der Waals surface area (Å²) in [4.78, 5) is 7.31. The van der Waals surface area contributed by atoms with E-state index in [4.69, 9.17) is 20.6 Å². The second-order valence-corrected chi connectivity index (χ2v) is 10.7. The predicted molar refractivity (Wildman–Crippen MR) is 163 cm³/mol. The van der Waals surface area contributed by atoms with Gasteiger partial charge in [0.2, 0.25) is 0 Å². The lowest BCUT2D eigenvalue weighted by Crippen LogP contribution is -2.21. The van der Waals surface area contributed by atoms with Gasteiger partial charge in [0.25, 0.3) is 0 Å². The summed E-state index contributed by atoms with van der Waals surface area (Å²) in [6, 6.07) is 16.1. The van der Waals surface area contributed by atoms with E-state index in [0.717, 1.165) is 71.5 Å². The number of unbranched alkanes of at least 4 members (excludes halogenated alkanes) is 1. The Bertz CT molecular complexity index is 1480. The number of phenols is 1. The van der Waals surface area contributed by atoms with E-state index < -0.39 is 6.17 Å². The third kappa shape index (κ3) is 6.36. The highest BCUT2D eigenvalue weighted by Crippen LogP contribution is 2.35. The number of aromatic hydroxyl groups is 1. The fraction of sp³-hybridized carbons (Fsp3) is 0.375. The third-order valence-electron chi connectivity index (χ3n) is 7.46. The Morgan fingerprint density at radius 3 is 2.77 bits per heavy atom. The summed E-state index contributed by atoms with van der Waals surface area (Å²) >= 11 is 0. The highest BCUT2D eigenvalue weighted by Gasteiger charge is 2.20. The van der Waals surface area contributed by atoms with Crippen LogP contribution < -0.4 is 11.1 Å². The van der Waals surface area contributed by atoms with Gasteiger partial charge < -0.3 is 25.8 Å². The highest BCUT2D eigenvalue weighted by atomic mass is 16.5. The van der Waals surface area contributed by atoms with Crippen LogP contribution >= 0.6 is 0 Å². The first-order chi connectivity index (χ1) is 19.4. The molecular weight excluding hydrogens is 500 g/mol. The lowest BCUT2D eigenvalue weighted by Gasteiger charge is -2.20. The van der Waals surface area contributed by atoms with Crippen LogP contribution in [-0.4, -0.2) is 59.2 Å². The number of ether oxygens (including phenoxy) is 1. The van der Waals surface area contributed by atoms with Crippen LogP contribution in [0.25, 0.3) is 16.6 Å². The first kappa shape index (κ1) is 27.8. The van der Waals surface area contributed by atoms with Crippen LogP contribution in [0.4, 0.5) is 11.4 Å². The average Bonchev–Trinajstić information content (AvgIpc) is 3.62. The number of hydrogen-bond acceptors (Lipinski definition) is 7. The van der Waals surface area contributed by atoms with E-state index in [1.165, 1.54) is 17.5 Å². The minimum Gasteiger partial charge on any atom is -0.508 e. The van der Waals surface area contributed by atoms with Gasteiger partial charge in [0.05, 0.1) is 30.6 Å². The van der Waals surface area contributed by atoms with Gasteiger partial charge in [-0.05, 0) is 87.3 Å². The molecule has 1 atom stereocenters. The standard InChI is InChI=1S/C32H40N6O2/c1-4-22-17-26(39)12-13-29(22)36-32(33)28-19-34-38-20-24(18-30(38)31(28)35-25-14-16-40-21-25)27-11-6-5-9-23(27)10-7-8-15-37(2)3/h5-6,9,11-13,17-20,32,36,39H,4,7-8,10,14-16,21,33H2,1-3H3. The van der Waals surface area contributed by atoms with Crippen molar-refractivity contribution in [2.75, 3.05) is 39.2 Å². The van der Waals surface area contributed by atoms with E-state index in [-0.39, 0.29) is 5.75 Å². The summed E-state index contributed by atoms with van der Waals surface area (Å²) < 4.78 is 7.51. The molecule has 2 aromatic carbocycles. The zero-order valence-electron chi connectivity index (χ0n) is 23.7. The van der Waals surface area contributed by atoms with Crippen molar-refractivity contribution in [1.82, 2.24) is 14.5 Å². The van der Waals surface area contributed by atoms with Crippen LogP contribution in [0.15, 0.2) is 65.9 Å². The lowest BCUT2D eigenvalue weighted by molar-refractivity contribution is 0.209. The second-order valence-electron chi connectivity index (χ2n) is 10.7. The Hall–Kier alpha value is -3.72. The van der Waals surface area contributed by atoms with Gasteiger partial charge in [-0.1, -0.05) is 31.2 Å². The summed E-state index contributed by atoms with van der Waals surface area (Å²) in [6.45, 7) is 4.36. The summed E-state index contributed by atoms with van der Waals surface area (Å²) in [5.74, 6) is 0.242. The van der Waals surface area contributed by atoms with Crippen molar-refractivity contribution in [2.45, 2.75) is 45.2 Å². The van der Waals surface area contributed by atoms with E-state index in [1.807, 2.05) is 16.8 Å². The molecule has 210 valence electrons. The largest absolute Gasteiger partial charge is 0.508 e. The van der Waals surface area contributed by atoms with Gasteiger partial charge in [-0.25, -0.2) is 4.52 Å². The maximum atomic E-state index is 9.94. The molecule has 8 heteroatoms. The van der Waals surface area contributed by atoms with E-state index in [2.05, 4.69) is 67.8 Å². The molecule has 1 saturated heterocycles. The number of nitrogens with zero attached hydrogens (tertiary/aromatic N) is 4. The van der Waals surface area contributed by atoms with E-state index in [0.29, 0.717) is 13.2 Å². The number of fused-ring (bicyclic) bond motifs is 1. The molecule has 0 aliphatic carbocycles. The molecule has 4 aromatic rings. The maximum Gasteiger partial charge on any atom is 0.116 e. The topological polar surface area (TPSA) is 100 Å². The van der Waals surface area contributed by atoms with Gasteiger partial charge in [-0.2, -0.15) is 5.10 Å². The monoisotopic (exact) mass is 540 g/mol. The zero-order chi connectivity index (χ0) is 28.1. The predicted octanol–water partition coefficient (Wildman–Crippen LogP) is 5.72. The van der Waals surface area contributed by atoms with Crippen molar-refractivity contribution < 1.29 is 9.84 Å². The Kier molecular flexibility index (Phi) is 8.79. The van der Waals surface area contributed by atoms with Gasteiger partial charge in [-0.15, -0.1) is 0 Å². The molecule has 4 N–H and O–H groups in total. The minimum atomic E-state index is -0.545. The number of aliphatic imine (C=N–C) groups is 1. The number of aryl methyl sites for hydroxylation is 2. The molecule has 0 saturated carbocycles. The van der Waals surface area contributed by atoms with Crippen molar-refractivity contribution in [3.63, 3.8) is 0 Å². The molecule has 1 aliphatic heterocycles. The number of phenolic OH excluding ortho intramolecular Hbond substituents is 1. The number of benzene rings is 2. The molecule has 0 spiro atoms. The number of nitrogens with one attached hydrogen (secondary N) is 1. The van der Waals surface area contributed by atoms with Crippen molar-refractivity contribution in [1.29, 1.82) is 0 Å². The normalized spacial score (nSPS) is 15.4. The van der Waals surface area contributed by atoms with Crippen molar-refractivity contribution in [2.24, 2.45) is 10.7 Å². The fourth-order valence-electron chi connectivity index (χ4n) is 5.28. The van der Waals surface area contributed by atoms with Gasteiger partial charge in [0.15, 0.2) is 0 Å². The number of anilines is 1. The number of hydrogen-bond donors (Lipinski definition) is 3. The minimum absolute atomic E-state index is 0.242. The Morgan fingerprint density at radius 1 is 1.15 bits per heavy atom.